The van der Waals surface area contributed by atoms with E-state index in [0.717, 1.165) is 18.2 Å². The van der Waals surface area contributed by atoms with Crippen LogP contribution >= 0.6 is 11.6 Å². The number of ketones is 1. The third-order valence-corrected chi connectivity index (χ3v) is 3.27. The van der Waals surface area contributed by atoms with Gasteiger partial charge in [0.25, 0.3) is 0 Å². The fourth-order valence-corrected chi connectivity index (χ4v) is 2.29. The first-order valence-electron chi connectivity index (χ1n) is 5.81. The molecule has 2 heterocycles. The third kappa shape index (κ3) is 2.20. The van der Waals surface area contributed by atoms with Crippen LogP contribution in [-0.2, 0) is 0 Å². The summed E-state index contributed by atoms with van der Waals surface area (Å²) in [6.07, 6.45) is 5.23. The summed E-state index contributed by atoms with van der Waals surface area (Å²) in [6.45, 7) is 4.03. The number of fused-ring (bicyclic) bond motifs is 1. The van der Waals surface area contributed by atoms with Crippen molar-refractivity contribution in [3.63, 3.8) is 0 Å². The molecule has 0 fully saturated rings. The predicted octanol–water partition coefficient (Wildman–Crippen LogP) is 3.84. The molecule has 0 radical (unpaired) electrons. The first kappa shape index (κ1) is 12.1. The number of nitrogens with one attached hydrogen (secondary N) is 1. The van der Waals surface area contributed by atoms with Gasteiger partial charge in [0.2, 0.25) is 0 Å². The topological polar surface area (TPSA) is 45.8 Å². The van der Waals surface area contributed by atoms with E-state index in [1.807, 2.05) is 6.92 Å². The van der Waals surface area contributed by atoms with Gasteiger partial charge in [0.05, 0.1) is 5.02 Å². The number of carbonyl (C=O) groups is 1. The van der Waals surface area contributed by atoms with Crippen LogP contribution in [0.5, 0.6) is 0 Å². The number of aromatic amines is 1. The van der Waals surface area contributed by atoms with E-state index >= 15 is 0 Å². The van der Waals surface area contributed by atoms with Gasteiger partial charge in [0, 0.05) is 29.3 Å². The van der Waals surface area contributed by atoms with Gasteiger partial charge in [0.15, 0.2) is 5.78 Å². The summed E-state index contributed by atoms with van der Waals surface area (Å²) in [5.41, 5.74) is 1.32. The Labute approximate surface area is 105 Å². The van der Waals surface area contributed by atoms with Crippen molar-refractivity contribution < 1.29 is 4.79 Å². The number of halogens is 1. The van der Waals surface area contributed by atoms with Crippen LogP contribution in [0.1, 0.15) is 37.0 Å². The van der Waals surface area contributed by atoms with Crippen LogP contribution in [0.15, 0.2) is 18.5 Å². The Hall–Kier alpha value is -1.35. The van der Waals surface area contributed by atoms with E-state index in [2.05, 4.69) is 16.9 Å². The van der Waals surface area contributed by atoms with Crippen molar-refractivity contribution in [2.45, 2.75) is 26.7 Å². The minimum absolute atomic E-state index is 0.0234. The lowest BCUT2D eigenvalue weighted by atomic mass is 9.95. The normalized spacial score (nSPS) is 12.9. The number of nitrogens with zero attached hydrogens (tertiary/aromatic N) is 1. The van der Waals surface area contributed by atoms with E-state index < -0.39 is 0 Å². The molecule has 0 bridgehead atoms. The van der Waals surface area contributed by atoms with Crippen LogP contribution in [0.3, 0.4) is 0 Å². The quantitative estimate of drug-likeness (QED) is 0.838. The molecule has 1 unspecified atom stereocenters. The van der Waals surface area contributed by atoms with E-state index in [1.54, 1.807) is 18.5 Å². The molecule has 0 aromatic carbocycles. The molecule has 0 spiro atoms. The Kier molecular flexibility index (Phi) is 3.48. The summed E-state index contributed by atoms with van der Waals surface area (Å²) in [5.74, 6) is 0.156. The van der Waals surface area contributed by atoms with Gasteiger partial charge in [0.1, 0.15) is 5.65 Å². The SMILES string of the molecule is CCCC(C)C(=O)c1c[nH]c2nccc(Cl)c12. The Balaban J connectivity index is 2.46. The molecule has 90 valence electrons. The van der Waals surface area contributed by atoms with E-state index in [9.17, 15) is 4.79 Å². The van der Waals surface area contributed by atoms with Crippen LogP contribution in [-0.4, -0.2) is 15.8 Å². The van der Waals surface area contributed by atoms with Gasteiger partial charge in [-0.3, -0.25) is 4.79 Å². The van der Waals surface area contributed by atoms with Gasteiger partial charge in [-0.15, -0.1) is 0 Å². The molecule has 2 aromatic heterocycles. The zero-order valence-electron chi connectivity index (χ0n) is 9.96. The molecular weight excluding hydrogens is 236 g/mol. The van der Waals surface area contributed by atoms with E-state index in [-0.39, 0.29) is 11.7 Å². The van der Waals surface area contributed by atoms with E-state index in [1.165, 1.54) is 0 Å². The van der Waals surface area contributed by atoms with Crippen molar-refractivity contribution >= 4 is 28.4 Å². The Morgan fingerprint density at radius 3 is 3.06 bits per heavy atom. The number of rotatable bonds is 4. The van der Waals surface area contributed by atoms with Crippen molar-refractivity contribution in [3.05, 3.63) is 29.0 Å². The smallest absolute Gasteiger partial charge is 0.167 e. The number of H-pyrrole nitrogens is 1. The molecule has 2 aromatic rings. The maximum absolute atomic E-state index is 12.3. The molecule has 0 aliphatic heterocycles. The summed E-state index contributed by atoms with van der Waals surface area (Å²) in [4.78, 5) is 19.4. The van der Waals surface area contributed by atoms with Crippen molar-refractivity contribution in [2.24, 2.45) is 5.92 Å². The first-order chi connectivity index (χ1) is 8.15. The molecule has 2 rings (SSSR count). The molecule has 4 heteroatoms. The molecule has 0 saturated carbocycles. The van der Waals surface area contributed by atoms with Crippen LogP contribution in [0.4, 0.5) is 0 Å². The second-order valence-electron chi connectivity index (χ2n) is 4.27. The standard InChI is InChI=1S/C13H15ClN2O/c1-3-4-8(2)12(17)9-7-16-13-11(9)10(14)5-6-15-13/h5-8H,3-4H2,1-2H3,(H,15,16). The lowest BCUT2D eigenvalue weighted by molar-refractivity contribution is 0.0925. The van der Waals surface area contributed by atoms with Crippen molar-refractivity contribution in [1.82, 2.24) is 9.97 Å². The van der Waals surface area contributed by atoms with Gasteiger partial charge in [-0.1, -0.05) is 31.9 Å². The summed E-state index contributed by atoms with van der Waals surface area (Å²) < 4.78 is 0. The predicted molar refractivity (Wildman–Crippen MR) is 69.5 cm³/mol. The highest BCUT2D eigenvalue weighted by Gasteiger charge is 2.19. The van der Waals surface area contributed by atoms with Crippen molar-refractivity contribution in [3.8, 4) is 0 Å². The highest BCUT2D eigenvalue weighted by molar-refractivity contribution is 6.36. The average molecular weight is 251 g/mol. The largest absolute Gasteiger partial charge is 0.345 e. The van der Waals surface area contributed by atoms with Gasteiger partial charge in [-0.2, -0.15) is 0 Å². The fraction of sp³-hybridized carbons (Fsp3) is 0.385. The minimum Gasteiger partial charge on any atom is -0.345 e. The highest BCUT2D eigenvalue weighted by Crippen LogP contribution is 2.27. The van der Waals surface area contributed by atoms with Gasteiger partial charge < -0.3 is 4.98 Å². The zero-order chi connectivity index (χ0) is 12.4. The Morgan fingerprint density at radius 1 is 1.59 bits per heavy atom. The molecule has 17 heavy (non-hydrogen) atoms. The van der Waals surface area contributed by atoms with Crippen LogP contribution in [0.2, 0.25) is 5.02 Å². The van der Waals surface area contributed by atoms with Crippen LogP contribution in [0, 0.1) is 5.92 Å². The number of pyridine rings is 1. The molecule has 1 N–H and O–H groups in total. The summed E-state index contributed by atoms with van der Waals surface area (Å²) in [6, 6.07) is 1.71. The van der Waals surface area contributed by atoms with Crippen LogP contribution < -0.4 is 0 Å². The molecule has 1 atom stereocenters. The van der Waals surface area contributed by atoms with E-state index in [0.29, 0.717) is 16.2 Å². The fourth-order valence-electron chi connectivity index (χ4n) is 2.04. The maximum atomic E-state index is 12.3. The van der Waals surface area contributed by atoms with E-state index in [4.69, 9.17) is 11.6 Å². The lowest BCUT2D eigenvalue weighted by Crippen LogP contribution is -2.10. The van der Waals surface area contributed by atoms with Crippen LogP contribution in [0.25, 0.3) is 11.0 Å². The second kappa shape index (κ2) is 4.88. The van der Waals surface area contributed by atoms with Gasteiger partial charge in [-0.05, 0) is 12.5 Å². The maximum Gasteiger partial charge on any atom is 0.167 e. The number of hydrogen-bond acceptors (Lipinski definition) is 2. The Bertz CT molecular complexity index is 547. The molecule has 0 amide bonds. The number of aromatic nitrogens is 2. The van der Waals surface area contributed by atoms with Crippen molar-refractivity contribution in [2.75, 3.05) is 0 Å². The number of hydrogen-bond donors (Lipinski definition) is 1. The Morgan fingerprint density at radius 2 is 2.35 bits per heavy atom. The summed E-state index contributed by atoms with van der Waals surface area (Å²) in [7, 11) is 0. The van der Waals surface area contributed by atoms with Gasteiger partial charge >= 0.3 is 0 Å². The summed E-state index contributed by atoms with van der Waals surface area (Å²) in [5, 5.41) is 1.31. The minimum atomic E-state index is 0.0234. The third-order valence-electron chi connectivity index (χ3n) is 2.96. The zero-order valence-corrected chi connectivity index (χ0v) is 10.7. The first-order valence-corrected chi connectivity index (χ1v) is 6.18. The second-order valence-corrected chi connectivity index (χ2v) is 4.68. The molecule has 0 aliphatic rings. The molecule has 0 aliphatic carbocycles. The lowest BCUT2D eigenvalue weighted by Gasteiger charge is -2.07. The summed E-state index contributed by atoms with van der Waals surface area (Å²) >= 11 is 6.12. The number of Topliss-reactive ketones (excluding diaryl/α,β-unsaturated/α-hetero) is 1. The molecule has 0 saturated heterocycles. The van der Waals surface area contributed by atoms with Crippen molar-refractivity contribution in [1.29, 1.82) is 0 Å². The number of carbonyl (C=O) groups excluding carboxylic acids is 1. The monoisotopic (exact) mass is 250 g/mol. The highest BCUT2D eigenvalue weighted by atomic mass is 35.5. The molecular formula is C13H15ClN2O. The van der Waals surface area contributed by atoms with Gasteiger partial charge in [-0.25, -0.2) is 4.98 Å². The average Bonchev–Trinajstić information content (AvgIpc) is 2.73. The molecule has 3 nitrogen and oxygen atoms in total.